The van der Waals surface area contributed by atoms with E-state index in [0.717, 1.165) is 16.7 Å². The Morgan fingerprint density at radius 3 is 2.45 bits per heavy atom. The van der Waals surface area contributed by atoms with Gasteiger partial charge in [-0.1, -0.05) is 48.5 Å². The predicted molar refractivity (Wildman–Crippen MR) is 86.5 cm³/mol. The van der Waals surface area contributed by atoms with Gasteiger partial charge in [-0.05, 0) is 34.5 Å². The molecule has 22 heavy (non-hydrogen) atoms. The lowest BCUT2D eigenvalue weighted by atomic mass is 10.1. The van der Waals surface area contributed by atoms with Crippen molar-refractivity contribution in [2.24, 2.45) is 0 Å². The van der Waals surface area contributed by atoms with Gasteiger partial charge in [-0.2, -0.15) is 0 Å². The van der Waals surface area contributed by atoms with Gasteiger partial charge >= 0.3 is 5.97 Å². The third-order valence-electron chi connectivity index (χ3n) is 3.61. The topological polar surface area (TPSA) is 46.5 Å². The van der Waals surface area contributed by atoms with Crippen LogP contribution in [-0.4, -0.2) is 17.7 Å². The largest absolute Gasteiger partial charge is 0.493 e. The monoisotopic (exact) mass is 292 g/mol. The van der Waals surface area contributed by atoms with Crippen molar-refractivity contribution in [3.8, 4) is 5.75 Å². The Labute approximate surface area is 128 Å². The minimum atomic E-state index is -0.902. The third kappa shape index (κ3) is 3.09. The highest BCUT2D eigenvalue weighted by Crippen LogP contribution is 2.21. The summed E-state index contributed by atoms with van der Waals surface area (Å²) in [4.78, 5) is 11.2. The summed E-state index contributed by atoms with van der Waals surface area (Å²) >= 11 is 0. The van der Waals surface area contributed by atoms with Crippen LogP contribution >= 0.6 is 0 Å². The van der Waals surface area contributed by atoms with Crippen molar-refractivity contribution in [1.29, 1.82) is 0 Å². The van der Waals surface area contributed by atoms with Crippen LogP contribution in [0.3, 0.4) is 0 Å². The molecule has 0 heterocycles. The summed E-state index contributed by atoms with van der Waals surface area (Å²) in [6.45, 7) is 0.447. The van der Waals surface area contributed by atoms with Gasteiger partial charge in [-0.15, -0.1) is 0 Å². The zero-order valence-electron chi connectivity index (χ0n) is 12.0. The maximum Gasteiger partial charge on any atom is 0.335 e. The van der Waals surface area contributed by atoms with Crippen LogP contribution < -0.4 is 4.74 Å². The van der Waals surface area contributed by atoms with E-state index in [1.165, 1.54) is 5.39 Å². The van der Waals surface area contributed by atoms with Gasteiger partial charge in [0.15, 0.2) is 0 Å². The average molecular weight is 292 g/mol. The number of carbonyl (C=O) groups is 1. The average Bonchev–Trinajstić information content (AvgIpc) is 2.55. The van der Waals surface area contributed by atoms with Crippen LogP contribution in [0.15, 0.2) is 66.7 Å². The fourth-order valence-electron chi connectivity index (χ4n) is 2.48. The SMILES string of the molecule is O=C(O)c1ccccc1CCOc1ccc2ccccc2c1. The van der Waals surface area contributed by atoms with Gasteiger partial charge in [0.1, 0.15) is 5.75 Å². The molecule has 0 aromatic heterocycles. The first kappa shape index (κ1) is 14.1. The fraction of sp³-hybridized carbons (Fsp3) is 0.105. The molecule has 0 spiro atoms. The Kier molecular flexibility index (Phi) is 4.05. The Balaban J connectivity index is 1.68. The van der Waals surface area contributed by atoms with E-state index in [1.807, 2.05) is 48.5 Å². The number of carboxylic acids is 1. The van der Waals surface area contributed by atoms with Crippen molar-refractivity contribution in [1.82, 2.24) is 0 Å². The zero-order valence-corrected chi connectivity index (χ0v) is 12.0. The van der Waals surface area contributed by atoms with Gasteiger partial charge in [-0.3, -0.25) is 0 Å². The van der Waals surface area contributed by atoms with E-state index in [1.54, 1.807) is 12.1 Å². The van der Waals surface area contributed by atoms with E-state index >= 15 is 0 Å². The first-order valence-corrected chi connectivity index (χ1v) is 7.17. The molecule has 0 saturated heterocycles. The molecule has 3 heteroatoms. The summed E-state index contributed by atoms with van der Waals surface area (Å²) < 4.78 is 5.76. The summed E-state index contributed by atoms with van der Waals surface area (Å²) in [5, 5.41) is 11.5. The van der Waals surface area contributed by atoms with E-state index in [0.29, 0.717) is 18.6 Å². The molecule has 1 N–H and O–H groups in total. The van der Waals surface area contributed by atoms with Crippen molar-refractivity contribution in [3.63, 3.8) is 0 Å². The quantitative estimate of drug-likeness (QED) is 0.768. The molecule has 0 aliphatic rings. The molecule has 3 nitrogen and oxygen atoms in total. The number of fused-ring (bicyclic) bond motifs is 1. The minimum absolute atomic E-state index is 0.338. The number of benzene rings is 3. The lowest BCUT2D eigenvalue weighted by Crippen LogP contribution is -2.07. The van der Waals surface area contributed by atoms with E-state index < -0.39 is 5.97 Å². The third-order valence-corrected chi connectivity index (χ3v) is 3.61. The minimum Gasteiger partial charge on any atom is -0.493 e. The molecule has 0 radical (unpaired) electrons. The number of hydrogen-bond acceptors (Lipinski definition) is 2. The molecule has 3 aromatic rings. The fourth-order valence-corrected chi connectivity index (χ4v) is 2.48. The van der Waals surface area contributed by atoms with Gasteiger partial charge in [-0.25, -0.2) is 4.79 Å². The number of hydrogen-bond donors (Lipinski definition) is 1. The van der Waals surface area contributed by atoms with Gasteiger partial charge in [0.2, 0.25) is 0 Å². The Bertz CT molecular complexity index is 808. The lowest BCUT2D eigenvalue weighted by molar-refractivity contribution is 0.0695. The molecule has 3 aromatic carbocycles. The molecule has 0 aliphatic heterocycles. The van der Waals surface area contributed by atoms with Gasteiger partial charge in [0.05, 0.1) is 12.2 Å². The smallest absolute Gasteiger partial charge is 0.335 e. The summed E-state index contributed by atoms with van der Waals surface area (Å²) in [7, 11) is 0. The molecule has 0 unspecified atom stereocenters. The summed E-state index contributed by atoms with van der Waals surface area (Å²) in [5.74, 6) is -0.104. The Morgan fingerprint density at radius 1 is 0.909 bits per heavy atom. The van der Waals surface area contributed by atoms with Crippen molar-refractivity contribution < 1.29 is 14.6 Å². The molecule has 0 saturated carbocycles. The molecule has 0 fully saturated rings. The lowest BCUT2D eigenvalue weighted by Gasteiger charge is -2.09. The Hall–Kier alpha value is -2.81. The van der Waals surface area contributed by atoms with Crippen LogP contribution in [0.4, 0.5) is 0 Å². The van der Waals surface area contributed by atoms with E-state index in [2.05, 4.69) is 6.07 Å². The van der Waals surface area contributed by atoms with Crippen molar-refractivity contribution in [2.45, 2.75) is 6.42 Å². The predicted octanol–water partition coefficient (Wildman–Crippen LogP) is 4.16. The first-order valence-electron chi connectivity index (χ1n) is 7.17. The number of ether oxygens (including phenoxy) is 1. The zero-order chi connectivity index (χ0) is 15.4. The second-order valence-corrected chi connectivity index (χ2v) is 5.07. The molecule has 0 aliphatic carbocycles. The number of carboxylic acid groups (broad SMARTS) is 1. The van der Waals surface area contributed by atoms with Crippen LogP contribution in [0.25, 0.3) is 10.8 Å². The van der Waals surface area contributed by atoms with E-state index in [4.69, 9.17) is 9.84 Å². The maximum absolute atomic E-state index is 11.2. The highest BCUT2D eigenvalue weighted by Gasteiger charge is 2.08. The second kappa shape index (κ2) is 6.31. The molecule has 3 rings (SSSR count). The van der Waals surface area contributed by atoms with Gasteiger partial charge < -0.3 is 9.84 Å². The van der Waals surface area contributed by atoms with E-state index in [9.17, 15) is 4.79 Å². The Morgan fingerprint density at radius 2 is 1.64 bits per heavy atom. The molecule has 0 bridgehead atoms. The number of rotatable bonds is 5. The summed E-state index contributed by atoms with van der Waals surface area (Å²) in [6.07, 6.45) is 0.565. The molecular formula is C19H16O3. The van der Waals surface area contributed by atoms with Crippen molar-refractivity contribution >= 4 is 16.7 Å². The van der Waals surface area contributed by atoms with Crippen molar-refractivity contribution in [2.75, 3.05) is 6.61 Å². The standard InChI is InChI=1S/C19H16O3/c20-19(21)18-8-4-3-6-15(18)11-12-22-17-10-9-14-5-1-2-7-16(14)13-17/h1-10,13H,11-12H2,(H,20,21). The van der Waals surface area contributed by atoms with Crippen LogP contribution in [0.2, 0.25) is 0 Å². The molecule has 110 valence electrons. The van der Waals surface area contributed by atoms with Gasteiger partial charge in [0.25, 0.3) is 0 Å². The van der Waals surface area contributed by atoms with E-state index in [-0.39, 0.29) is 0 Å². The first-order chi connectivity index (χ1) is 10.7. The molecular weight excluding hydrogens is 276 g/mol. The van der Waals surface area contributed by atoms with Crippen LogP contribution in [0.5, 0.6) is 5.75 Å². The van der Waals surface area contributed by atoms with Gasteiger partial charge in [0, 0.05) is 6.42 Å². The van der Waals surface area contributed by atoms with Crippen LogP contribution in [-0.2, 0) is 6.42 Å². The highest BCUT2D eigenvalue weighted by molar-refractivity contribution is 5.89. The number of aromatic carboxylic acids is 1. The second-order valence-electron chi connectivity index (χ2n) is 5.07. The maximum atomic E-state index is 11.2. The molecule has 0 amide bonds. The highest BCUT2D eigenvalue weighted by atomic mass is 16.5. The normalized spacial score (nSPS) is 10.5. The molecule has 0 atom stereocenters. The summed E-state index contributed by atoms with van der Waals surface area (Å²) in [5.41, 5.74) is 1.13. The summed E-state index contributed by atoms with van der Waals surface area (Å²) in [6, 6.07) is 21.1. The van der Waals surface area contributed by atoms with Crippen LogP contribution in [0, 0.1) is 0 Å². The van der Waals surface area contributed by atoms with Crippen LogP contribution in [0.1, 0.15) is 15.9 Å². The van der Waals surface area contributed by atoms with Crippen molar-refractivity contribution in [3.05, 3.63) is 77.9 Å².